The largest absolute Gasteiger partial charge is 0.365 e. The predicted octanol–water partition coefficient (Wildman–Crippen LogP) is 2.57. The Morgan fingerprint density at radius 1 is 1.63 bits per heavy atom. The minimum absolute atomic E-state index is 0.0400. The Hall–Kier alpha value is -1.21. The monoisotopic (exact) mass is 328 g/mol. The fraction of sp³-hybridized carbons (Fsp3) is 0.583. The molecule has 1 fully saturated rings. The van der Waals surface area contributed by atoms with Crippen molar-refractivity contribution in [3.63, 3.8) is 0 Å². The van der Waals surface area contributed by atoms with Gasteiger partial charge in [0.25, 0.3) is 5.69 Å². The van der Waals surface area contributed by atoms with Crippen LogP contribution in [0.5, 0.6) is 0 Å². The van der Waals surface area contributed by atoms with Gasteiger partial charge in [-0.3, -0.25) is 10.1 Å². The molecule has 1 unspecified atom stereocenters. The number of hydrogen-bond donors (Lipinski definition) is 1. The summed E-state index contributed by atoms with van der Waals surface area (Å²) in [5, 5.41) is 14.2. The number of nitro groups is 1. The highest BCUT2D eigenvalue weighted by Gasteiger charge is 2.21. The van der Waals surface area contributed by atoms with Crippen LogP contribution >= 0.6 is 15.9 Å². The average Bonchev–Trinajstić information content (AvgIpc) is 2.35. The van der Waals surface area contributed by atoms with E-state index in [9.17, 15) is 10.1 Å². The number of rotatable bonds is 3. The lowest BCUT2D eigenvalue weighted by molar-refractivity contribution is -0.385. The fourth-order valence-corrected chi connectivity index (χ4v) is 2.75. The van der Waals surface area contributed by atoms with Crippen molar-refractivity contribution < 1.29 is 4.92 Å². The zero-order valence-corrected chi connectivity index (χ0v) is 12.6. The van der Waals surface area contributed by atoms with Gasteiger partial charge in [0.2, 0.25) is 0 Å². The number of pyridine rings is 1. The highest BCUT2D eigenvalue weighted by atomic mass is 79.9. The summed E-state index contributed by atoms with van der Waals surface area (Å²) in [5.74, 6) is 0.684. The van der Waals surface area contributed by atoms with Gasteiger partial charge in [0, 0.05) is 18.2 Å². The van der Waals surface area contributed by atoms with Gasteiger partial charge in [-0.2, -0.15) is 0 Å². The third-order valence-electron chi connectivity index (χ3n) is 3.40. The summed E-state index contributed by atoms with van der Waals surface area (Å²) >= 11 is 3.40. The van der Waals surface area contributed by atoms with E-state index >= 15 is 0 Å². The molecule has 1 aliphatic heterocycles. The molecular weight excluding hydrogens is 312 g/mol. The smallest absolute Gasteiger partial charge is 0.291 e. The molecule has 0 radical (unpaired) electrons. The molecule has 0 amide bonds. The first-order chi connectivity index (χ1) is 8.99. The molecule has 1 atom stereocenters. The fourth-order valence-electron chi connectivity index (χ4n) is 2.33. The molecular formula is C12H17BrN4O2. The van der Waals surface area contributed by atoms with Crippen molar-refractivity contribution in [2.45, 2.75) is 25.8 Å². The van der Waals surface area contributed by atoms with Gasteiger partial charge in [-0.05, 0) is 49.3 Å². The molecule has 1 aromatic rings. The molecule has 1 aliphatic rings. The molecule has 19 heavy (non-hydrogen) atoms. The molecule has 2 heterocycles. The SMILES string of the molecule is Cc1c([N+](=O)[O-])cnc(NC2CCCN(C)C2)c1Br. The highest BCUT2D eigenvalue weighted by Crippen LogP contribution is 2.31. The van der Waals surface area contributed by atoms with Crippen LogP contribution in [0.25, 0.3) is 0 Å². The molecule has 0 bridgehead atoms. The van der Waals surface area contributed by atoms with Crippen LogP contribution in [-0.2, 0) is 0 Å². The van der Waals surface area contributed by atoms with E-state index in [1.54, 1.807) is 6.92 Å². The zero-order valence-electron chi connectivity index (χ0n) is 11.0. The van der Waals surface area contributed by atoms with Gasteiger partial charge in [-0.15, -0.1) is 0 Å². The van der Waals surface area contributed by atoms with E-state index in [4.69, 9.17) is 0 Å². The molecule has 0 aliphatic carbocycles. The lowest BCUT2D eigenvalue weighted by Crippen LogP contribution is -2.40. The van der Waals surface area contributed by atoms with Crippen molar-refractivity contribution in [2.24, 2.45) is 0 Å². The maximum Gasteiger partial charge on any atom is 0.291 e. The Bertz CT molecular complexity index is 495. The van der Waals surface area contributed by atoms with Gasteiger partial charge >= 0.3 is 0 Å². The Balaban J connectivity index is 2.17. The Morgan fingerprint density at radius 3 is 3.00 bits per heavy atom. The van der Waals surface area contributed by atoms with Crippen molar-refractivity contribution in [3.05, 3.63) is 26.3 Å². The number of likely N-dealkylation sites (N-methyl/N-ethyl adjacent to an activating group) is 1. The first kappa shape index (κ1) is 14.2. The number of aromatic nitrogens is 1. The van der Waals surface area contributed by atoms with Crippen molar-refractivity contribution in [2.75, 3.05) is 25.5 Å². The van der Waals surface area contributed by atoms with Gasteiger partial charge in [-0.1, -0.05) is 0 Å². The summed E-state index contributed by atoms with van der Waals surface area (Å²) in [6, 6.07) is 0.336. The minimum Gasteiger partial charge on any atom is -0.365 e. The van der Waals surface area contributed by atoms with Gasteiger partial charge in [-0.25, -0.2) is 4.98 Å². The molecule has 7 heteroatoms. The first-order valence-electron chi connectivity index (χ1n) is 6.23. The average molecular weight is 329 g/mol. The summed E-state index contributed by atoms with van der Waals surface area (Å²) in [7, 11) is 2.09. The van der Waals surface area contributed by atoms with E-state index in [1.807, 2.05) is 0 Å². The standard InChI is InChI=1S/C12H17BrN4O2/c1-8-10(17(18)19)6-14-12(11(8)13)15-9-4-3-5-16(2)7-9/h6,9H,3-5,7H2,1-2H3,(H,14,15). The van der Waals surface area contributed by atoms with Gasteiger partial charge in [0.15, 0.2) is 0 Å². The van der Waals surface area contributed by atoms with Gasteiger partial charge < -0.3 is 10.2 Å². The Labute approximate surface area is 120 Å². The molecule has 0 saturated carbocycles. The second-order valence-corrected chi connectivity index (χ2v) is 5.73. The summed E-state index contributed by atoms with van der Waals surface area (Å²) in [4.78, 5) is 16.9. The molecule has 6 nitrogen and oxygen atoms in total. The summed E-state index contributed by atoms with van der Waals surface area (Å²) in [5.41, 5.74) is 0.643. The van der Waals surface area contributed by atoms with Crippen LogP contribution in [-0.4, -0.2) is 41.0 Å². The zero-order chi connectivity index (χ0) is 14.0. The molecule has 1 aromatic heterocycles. The second kappa shape index (κ2) is 5.83. The second-order valence-electron chi connectivity index (χ2n) is 4.93. The predicted molar refractivity (Wildman–Crippen MR) is 77.5 cm³/mol. The third-order valence-corrected chi connectivity index (χ3v) is 4.37. The number of likely N-dealkylation sites (tertiary alicyclic amines) is 1. The van der Waals surface area contributed by atoms with E-state index in [1.165, 1.54) is 6.20 Å². The topological polar surface area (TPSA) is 71.3 Å². The number of anilines is 1. The Kier molecular flexibility index (Phi) is 4.36. The van der Waals surface area contributed by atoms with Crippen LogP contribution in [0, 0.1) is 17.0 Å². The van der Waals surface area contributed by atoms with Gasteiger partial charge in [0.05, 0.1) is 9.40 Å². The number of nitrogens with one attached hydrogen (secondary N) is 1. The lowest BCUT2D eigenvalue weighted by Gasteiger charge is -2.30. The summed E-state index contributed by atoms with van der Waals surface area (Å²) in [6.45, 7) is 3.80. The third kappa shape index (κ3) is 3.22. The van der Waals surface area contributed by atoms with E-state index in [0.717, 1.165) is 25.9 Å². The molecule has 2 rings (SSSR count). The van der Waals surface area contributed by atoms with Crippen molar-refractivity contribution in [3.8, 4) is 0 Å². The summed E-state index contributed by atoms with van der Waals surface area (Å²) in [6.07, 6.45) is 3.56. The minimum atomic E-state index is -0.411. The maximum atomic E-state index is 10.8. The highest BCUT2D eigenvalue weighted by molar-refractivity contribution is 9.10. The molecule has 0 aromatic carbocycles. The Morgan fingerprint density at radius 2 is 2.37 bits per heavy atom. The van der Waals surface area contributed by atoms with E-state index in [2.05, 4.69) is 38.2 Å². The molecule has 104 valence electrons. The van der Waals surface area contributed by atoms with Crippen LogP contribution in [0.4, 0.5) is 11.5 Å². The molecule has 0 spiro atoms. The van der Waals surface area contributed by atoms with E-state index < -0.39 is 4.92 Å². The van der Waals surface area contributed by atoms with Crippen molar-refractivity contribution in [1.29, 1.82) is 0 Å². The maximum absolute atomic E-state index is 10.8. The summed E-state index contributed by atoms with van der Waals surface area (Å²) < 4.78 is 0.676. The normalized spacial score (nSPS) is 20.3. The van der Waals surface area contributed by atoms with Crippen molar-refractivity contribution >= 4 is 27.4 Å². The number of hydrogen-bond acceptors (Lipinski definition) is 5. The van der Waals surface area contributed by atoms with Crippen LogP contribution in [0.3, 0.4) is 0 Å². The van der Waals surface area contributed by atoms with Crippen molar-refractivity contribution in [1.82, 2.24) is 9.88 Å². The first-order valence-corrected chi connectivity index (χ1v) is 7.03. The van der Waals surface area contributed by atoms with Gasteiger partial charge in [0.1, 0.15) is 12.0 Å². The van der Waals surface area contributed by atoms with E-state index in [0.29, 0.717) is 21.9 Å². The number of nitrogens with zero attached hydrogens (tertiary/aromatic N) is 3. The lowest BCUT2D eigenvalue weighted by atomic mass is 10.1. The molecule has 1 N–H and O–H groups in total. The van der Waals surface area contributed by atoms with Crippen LogP contribution < -0.4 is 5.32 Å². The number of halogens is 1. The quantitative estimate of drug-likeness (QED) is 0.682. The van der Waals surface area contributed by atoms with Crippen LogP contribution in [0.1, 0.15) is 18.4 Å². The number of piperidine rings is 1. The van der Waals surface area contributed by atoms with Crippen LogP contribution in [0.2, 0.25) is 0 Å². The van der Waals surface area contributed by atoms with E-state index in [-0.39, 0.29) is 5.69 Å². The molecule has 1 saturated heterocycles. The van der Waals surface area contributed by atoms with Crippen LogP contribution in [0.15, 0.2) is 10.7 Å².